The Morgan fingerprint density at radius 1 is 1.47 bits per heavy atom. The van der Waals surface area contributed by atoms with Gasteiger partial charge in [-0.05, 0) is 19.9 Å². The molecule has 17 heavy (non-hydrogen) atoms. The number of aromatic nitrogens is 1. The highest BCUT2D eigenvalue weighted by atomic mass is 32.2. The predicted molar refractivity (Wildman–Crippen MR) is 68.6 cm³/mol. The molecule has 1 aliphatic rings. The Bertz CT molecular complexity index is 479. The average molecular weight is 252 g/mol. The SMILES string of the molecule is Cc1cc(C(=O)CN2CCSC2=O)c(C)n1C. The molecule has 0 unspecified atom stereocenters. The molecule has 0 spiro atoms. The number of nitrogens with zero attached hydrogens (tertiary/aromatic N) is 2. The summed E-state index contributed by atoms with van der Waals surface area (Å²) in [5, 5.41) is 0.0173. The molecule has 92 valence electrons. The Hall–Kier alpha value is -1.23. The maximum absolute atomic E-state index is 12.1. The smallest absolute Gasteiger partial charge is 0.282 e. The van der Waals surface area contributed by atoms with Crippen molar-refractivity contribution in [2.24, 2.45) is 7.05 Å². The fourth-order valence-corrected chi connectivity index (χ4v) is 2.79. The van der Waals surface area contributed by atoms with E-state index in [1.54, 1.807) is 4.90 Å². The molecular formula is C12H16N2O2S. The lowest BCUT2D eigenvalue weighted by molar-refractivity contribution is 0.0955. The van der Waals surface area contributed by atoms with Gasteiger partial charge in [0.2, 0.25) is 0 Å². The van der Waals surface area contributed by atoms with Crippen LogP contribution in [0.5, 0.6) is 0 Å². The molecule has 0 atom stereocenters. The van der Waals surface area contributed by atoms with E-state index in [9.17, 15) is 9.59 Å². The Morgan fingerprint density at radius 3 is 2.65 bits per heavy atom. The molecule has 0 bridgehead atoms. The number of amides is 1. The zero-order chi connectivity index (χ0) is 12.6. The molecule has 5 heteroatoms. The third-order valence-corrected chi connectivity index (χ3v) is 4.15. The number of carbonyl (C=O) groups excluding carboxylic acids is 2. The molecule has 1 aromatic heterocycles. The maximum Gasteiger partial charge on any atom is 0.282 e. The molecule has 2 heterocycles. The third-order valence-electron chi connectivity index (χ3n) is 3.26. The van der Waals surface area contributed by atoms with E-state index < -0.39 is 0 Å². The second kappa shape index (κ2) is 4.56. The lowest BCUT2D eigenvalue weighted by atomic mass is 10.1. The number of thioether (sulfide) groups is 1. The highest BCUT2D eigenvalue weighted by Gasteiger charge is 2.25. The van der Waals surface area contributed by atoms with Crippen LogP contribution >= 0.6 is 11.8 Å². The number of aryl methyl sites for hydroxylation is 1. The van der Waals surface area contributed by atoms with Gasteiger partial charge in [-0.2, -0.15) is 0 Å². The van der Waals surface area contributed by atoms with Gasteiger partial charge >= 0.3 is 0 Å². The second-order valence-corrected chi connectivity index (χ2v) is 5.35. The summed E-state index contributed by atoms with van der Waals surface area (Å²) in [5.41, 5.74) is 2.76. The molecular weight excluding hydrogens is 236 g/mol. The van der Waals surface area contributed by atoms with Crippen LogP contribution in [0.15, 0.2) is 6.07 Å². The van der Waals surface area contributed by atoms with Gasteiger partial charge in [0.15, 0.2) is 5.78 Å². The highest BCUT2D eigenvalue weighted by Crippen LogP contribution is 2.19. The maximum atomic E-state index is 12.1. The molecule has 1 aromatic rings. The molecule has 0 radical (unpaired) electrons. The van der Waals surface area contributed by atoms with E-state index >= 15 is 0 Å². The van der Waals surface area contributed by atoms with Crippen LogP contribution in [0.1, 0.15) is 21.7 Å². The Kier molecular flexibility index (Phi) is 3.28. The van der Waals surface area contributed by atoms with Crippen LogP contribution in [0.2, 0.25) is 0 Å². The minimum atomic E-state index is 0.0173. The van der Waals surface area contributed by atoms with Crippen molar-refractivity contribution in [3.05, 3.63) is 23.0 Å². The van der Waals surface area contributed by atoms with Crippen molar-refractivity contribution in [1.29, 1.82) is 0 Å². The van der Waals surface area contributed by atoms with Crippen LogP contribution in [-0.2, 0) is 7.05 Å². The van der Waals surface area contributed by atoms with Crippen LogP contribution in [-0.4, -0.2) is 39.3 Å². The van der Waals surface area contributed by atoms with E-state index in [1.165, 1.54) is 11.8 Å². The van der Waals surface area contributed by atoms with Gasteiger partial charge < -0.3 is 9.47 Å². The number of hydrogen-bond acceptors (Lipinski definition) is 3. The first-order valence-electron chi connectivity index (χ1n) is 5.58. The van der Waals surface area contributed by atoms with Crippen LogP contribution in [0.25, 0.3) is 0 Å². The third kappa shape index (κ3) is 2.24. The van der Waals surface area contributed by atoms with E-state index in [-0.39, 0.29) is 17.6 Å². The Labute approximate surface area is 105 Å². The van der Waals surface area contributed by atoms with Crippen molar-refractivity contribution in [3.8, 4) is 0 Å². The zero-order valence-corrected chi connectivity index (χ0v) is 11.1. The molecule has 1 aliphatic heterocycles. The Balaban J connectivity index is 2.14. The van der Waals surface area contributed by atoms with Gasteiger partial charge in [0, 0.05) is 36.3 Å². The summed E-state index contributed by atoms with van der Waals surface area (Å²) in [6.07, 6.45) is 0. The summed E-state index contributed by atoms with van der Waals surface area (Å²) in [5.74, 6) is 0.820. The van der Waals surface area contributed by atoms with Gasteiger partial charge in [0.1, 0.15) is 0 Å². The number of carbonyl (C=O) groups is 2. The fourth-order valence-electron chi connectivity index (χ4n) is 1.97. The van der Waals surface area contributed by atoms with Gasteiger partial charge in [-0.25, -0.2) is 0 Å². The number of ketones is 1. The first-order valence-corrected chi connectivity index (χ1v) is 6.57. The van der Waals surface area contributed by atoms with Gasteiger partial charge in [-0.15, -0.1) is 0 Å². The monoisotopic (exact) mass is 252 g/mol. The van der Waals surface area contributed by atoms with Crippen molar-refractivity contribution in [2.45, 2.75) is 13.8 Å². The highest BCUT2D eigenvalue weighted by molar-refractivity contribution is 8.13. The normalized spacial score (nSPS) is 15.7. The van der Waals surface area contributed by atoms with Crippen molar-refractivity contribution in [1.82, 2.24) is 9.47 Å². The van der Waals surface area contributed by atoms with Crippen molar-refractivity contribution >= 4 is 22.8 Å². The molecule has 2 rings (SSSR count). The predicted octanol–water partition coefficient (Wildman–Crippen LogP) is 1.99. The number of hydrogen-bond donors (Lipinski definition) is 0. The van der Waals surface area contributed by atoms with Crippen LogP contribution in [0, 0.1) is 13.8 Å². The molecule has 4 nitrogen and oxygen atoms in total. The minimum Gasteiger partial charge on any atom is -0.351 e. The molecule has 0 aliphatic carbocycles. The van der Waals surface area contributed by atoms with E-state index in [1.807, 2.05) is 31.5 Å². The Morgan fingerprint density at radius 2 is 2.18 bits per heavy atom. The lowest BCUT2D eigenvalue weighted by Gasteiger charge is -2.13. The quantitative estimate of drug-likeness (QED) is 0.773. The standard InChI is InChI=1S/C12H16N2O2S/c1-8-6-10(9(2)13(8)3)11(15)7-14-4-5-17-12(14)16/h6H,4-5,7H2,1-3H3. The van der Waals surface area contributed by atoms with Crippen molar-refractivity contribution in [2.75, 3.05) is 18.8 Å². The first-order chi connectivity index (χ1) is 8.00. The summed E-state index contributed by atoms with van der Waals surface area (Å²) < 4.78 is 1.99. The van der Waals surface area contributed by atoms with Crippen LogP contribution in [0.3, 0.4) is 0 Å². The number of Topliss-reactive ketones (excluding diaryl/α,β-unsaturated/α-hetero) is 1. The largest absolute Gasteiger partial charge is 0.351 e. The summed E-state index contributed by atoms with van der Waals surface area (Å²) in [4.78, 5) is 25.2. The molecule has 0 aromatic carbocycles. The van der Waals surface area contributed by atoms with E-state index in [0.717, 1.165) is 22.7 Å². The van der Waals surface area contributed by atoms with Crippen LogP contribution < -0.4 is 0 Å². The van der Waals surface area contributed by atoms with E-state index in [4.69, 9.17) is 0 Å². The van der Waals surface area contributed by atoms with Gasteiger partial charge in [-0.1, -0.05) is 11.8 Å². The van der Waals surface area contributed by atoms with Crippen molar-refractivity contribution in [3.63, 3.8) is 0 Å². The van der Waals surface area contributed by atoms with Gasteiger partial charge in [0.05, 0.1) is 6.54 Å². The van der Waals surface area contributed by atoms with Crippen LogP contribution in [0.4, 0.5) is 4.79 Å². The molecule has 1 amide bonds. The van der Waals surface area contributed by atoms with Crippen molar-refractivity contribution < 1.29 is 9.59 Å². The summed E-state index contributed by atoms with van der Waals surface area (Å²) in [7, 11) is 1.94. The first kappa shape index (κ1) is 12.2. The summed E-state index contributed by atoms with van der Waals surface area (Å²) in [6, 6.07) is 1.89. The van der Waals surface area contributed by atoms with Gasteiger partial charge in [0.25, 0.3) is 5.24 Å². The molecule has 0 saturated carbocycles. The fraction of sp³-hybridized carbons (Fsp3) is 0.500. The zero-order valence-electron chi connectivity index (χ0n) is 10.3. The van der Waals surface area contributed by atoms with Gasteiger partial charge in [-0.3, -0.25) is 9.59 Å². The van der Waals surface area contributed by atoms with E-state index in [2.05, 4.69) is 0 Å². The topological polar surface area (TPSA) is 42.3 Å². The molecule has 0 N–H and O–H groups in total. The second-order valence-electron chi connectivity index (χ2n) is 4.30. The minimum absolute atomic E-state index is 0.0173. The number of rotatable bonds is 3. The molecule has 1 saturated heterocycles. The average Bonchev–Trinajstić information content (AvgIpc) is 2.79. The summed E-state index contributed by atoms with van der Waals surface area (Å²) in [6.45, 7) is 4.79. The molecule has 1 fully saturated rings. The lowest BCUT2D eigenvalue weighted by Crippen LogP contribution is -2.30. The van der Waals surface area contributed by atoms with E-state index in [0.29, 0.717) is 6.54 Å². The summed E-state index contributed by atoms with van der Waals surface area (Å²) >= 11 is 1.28.